The third-order valence-electron chi connectivity index (χ3n) is 2.96. The zero-order valence-corrected chi connectivity index (χ0v) is 13.1. The minimum absolute atomic E-state index is 0.152. The fraction of sp³-hybridized carbons (Fsp3) is 0.417. The maximum atomic E-state index is 12.0. The fourth-order valence-electron chi connectivity index (χ4n) is 1.67. The Labute approximate surface area is 123 Å². The van der Waals surface area contributed by atoms with Crippen LogP contribution in [0.15, 0.2) is 23.5 Å². The number of hydrogen-bond acceptors (Lipinski definition) is 6. The third-order valence-corrected chi connectivity index (χ3v) is 4.73. The van der Waals surface area contributed by atoms with Gasteiger partial charge in [0.15, 0.2) is 0 Å². The molecule has 0 aliphatic carbocycles. The maximum absolute atomic E-state index is 12.0. The molecule has 114 valence electrons. The molecule has 0 unspecified atom stereocenters. The normalized spacial score (nSPS) is 11.9. The molecule has 0 atom stereocenters. The molecule has 0 aromatic carbocycles. The molecule has 0 radical (unpaired) electrons. The molecule has 2 aromatic rings. The number of rotatable bonds is 5. The van der Waals surface area contributed by atoms with Crippen LogP contribution in [0.5, 0.6) is 6.01 Å². The molecule has 0 N–H and O–H groups in total. The quantitative estimate of drug-likeness (QED) is 0.788. The van der Waals surface area contributed by atoms with Crippen LogP contribution in [0.4, 0.5) is 0 Å². The Morgan fingerprint density at radius 3 is 2.62 bits per heavy atom. The van der Waals surface area contributed by atoms with E-state index in [9.17, 15) is 8.42 Å². The van der Waals surface area contributed by atoms with Gasteiger partial charge in [-0.1, -0.05) is 0 Å². The second-order valence-electron chi connectivity index (χ2n) is 4.63. The van der Waals surface area contributed by atoms with Gasteiger partial charge in [-0.25, -0.2) is 22.7 Å². The van der Waals surface area contributed by atoms with Crippen molar-refractivity contribution in [1.82, 2.24) is 24.1 Å². The molecule has 0 spiro atoms. The summed E-state index contributed by atoms with van der Waals surface area (Å²) in [5.41, 5.74) is 1.60. The number of methoxy groups -OCH3 is 1. The van der Waals surface area contributed by atoms with Crippen molar-refractivity contribution in [3.05, 3.63) is 29.8 Å². The fourth-order valence-corrected chi connectivity index (χ4v) is 2.53. The van der Waals surface area contributed by atoms with Crippen LogP contribution < -0.4 is 4.74 Å². The predicted octanol–water partition coefficient (Wildman–Crippen LogP) is 0.289. The first kappa shape index (κ1) is 15.4. The van der Waals surface area contributed by atoms with Gasteiger partial charge >= 0.3 is 6.01 Å². The van der Waals surface area contributed by atoms with E-state index in [-0.39, 0.29) is 4.90 Å². The monoisotopic (exact) mass is 311 g/mol. The molecule has 0 fully saturated rings. The van der Waals surface area contributed by atoms with Crippen LogP contribution in [0.1, 0.15) is 11.3 Å². The highest BCUT2D eigenvalue weighted by Crippen LogP contribution is 2.14. The summed E-state index contributed by atoms with van der Waals surface area (Å²) < 4.78 is 31.6. The van der Waals surface area contributed by atoms with E-state index >= 15 is 0 Å². The summed E-state index contributed by atoms with van der Waals surface area (Å²) in [5.74, 6) is 0. The van der Waals surface area contributed by atoms with Crippen molar-refractivity contribution in [2.24, 2.45) is 0 Å². The van der Waals surface area contributed by atoms with Gasteiger partial charge < -0.3 is 4.74 Å². The highest BCUT2D eigenvalue weighted by molar-refractivity contribution is 7.89. The molecule has 2 rings (SSSR count). The summed E-state index contributed by atoms with van der Waals surface area (Å²) in [6, 6.07) is 0.299. The number of sulfonamides is 1. The highest BCUT2D eigenvalue weighted by atomic mass is 32.2. The third kappa shape index (κ3) is 3.19. The van der Waals surface area contributed by atoms with Crippen LogP contribution >= 0.6 is 0 Å². The minimum atomic E-state index is -3.47. The van der Waals surface area contributed by atoms with E-state index in [4.69, 9.17) is 4.74 Å². The Hall–Kier alpha value is -2.00. The first-order valence-corrected chi connectivity index (χ1v) is 7.60. The number of aryl methyl sites for hydroxylation is 1. The Morgan fingerprint density at radius 1 is 1.33 bits per heavy atom. The highest BCUT2D eigenvalue weighted by Gasteiger charge is 2.19. The van der Waals surface area contributed by atoms with Gasteiger partial charge in [0.05, 0.1) is 19.9 Å². The minimum Gasteiger partial charge on any atom is -0.467 e. The molecule has 0 amide bonds. The molecule has 8 nitrogen and oxygen atoms in total. The van der Waals surface area contributed by atoms with Gasteiger partial charge in [-0.05, 0) is 6.92 Å². The standard InChI is InChI=1S/C12H17N5O3S/c1-9-10(5-13-12(15-9)20-4)7-17-8-11(6-14-17)21(18,19)16(2)3/h5-6,8H,7H2,1-4H3. The Kier molecular flexibility index (Phi) is 4.24. The van der Waals surface area contributed by atoms with Crippen molar-refractivity contribution in [2.45, 2.75) is 18.4 Å². The van der Waals surface area contributed by atoms with E-state index in [2.05, 4.69) is 15.1 Å². The van der Waals surface area contributed by atoms with E-state index < -0.39 is 10.0 Å². The molecule has 9 heteroatoms. The van der Waals surface area contributed by atoms with Crippen LogP contribution in [-0.4, -0.2) is 53.7 Å². The molecule has 0 saturated heterocycles. The smallest absolute Gasteiger partial charge is 0.316 e. The van der Waals surface area contributed by atoms with Crippen LogP contribution in [0, 0.1) is 6.92 Å². The molecule has 21 heavy (non-hydrogen) atoms. The molecular weight excluding hydrogens is 294 g/mol. The molecular formula is C12H17N5O3S. The molecule has 0 aliphatic rings. The summed E-state index contributed by atoms with van der Waals surface area (Å²) in [5, 5.41) is 4.07. The molecule has 0 aliphatic heterocycles. The summed E-state index contributed by atoms with van der Waals surface area (Å²) in [6.07, 6.45) is 4.46. The molecule has 2 heterocycles. The van der Waals surface area contributed by atoms with Gasteiger partial charge in [0, 0.05) is 37.7 Å². The number of hydrogen-bond donors (Lipinski definition) is 0. The lowest BCUT2D eigenvalue weighted by Crippen LogP contribution is -2.21. The van der Waals surface area contributed by atoms with Gasteiger partial charge in [-0.2, -0.15) is 5.10 Å². The van der Waals surface area contributed by atoms with Crippen molar-refractivity contribution >= 4 is 10.0 Å². The van der Waals surface area contributed by atoms with E-state index in [0.29, 0.717) is 12.6 Å². The predicted molar refractivity (Wildman–Crippen MR) is 75.5 cm³/mol. The lowest BCUT2D eigenvalue weighted by atomic mass is 10.2. The Bertz CT molecular complexity index is 739. The Morgan fingerprint density at radius 2 is 2.05 bits per heavy atom. The average molecular weight is 311 g/mol. The van der Waals surface area contributed by atoms with Gasteiger partial charge in [-0.15, -0.1) is 0 Å². The second kappa shape index (κ2) is 5.78. The van der Waals surface area contributed by atoms with Gasteiger partial charge in [0.2, 0.25) is 10.0 Å². The van der Waals surface area contributed by atoms with Crippen molar-refractivity contribution in [3.63, 3.8) is 0 Å². The second-order valence-corrected chi connectivity index (χ2v) is 6.78. The number of aromatic nitrogens is 4. The van der Waals surface area contributed by atoms with Crippen molar-refractivity contribution in [2.75, 3.05) is 21.2 Å². The topological polar surface area (TPSA) is 90.2 Å². The van der Waals surface area contributed by atoms with E-state index in [1.807, 2.05) is 6.92 Å². The summed E-state index contributed by atoms with van der Waals surface area (Å²) in [7, 11) is 0.991. The summed E-state index contributed by atoms with van der Waals surface area (Å²) in [6.45, 7) is 2.22. The lowest BCUT2D eigenvalue weighted by Gasteiger charge is -2.08. The maximum Gasteiger partial charge on any atom is 0.316 e. The lowest BCUT2D eigenvalue weighted by molar-refractivity contribution is 0.378. The van der Waals surface area contributed by atoms with Crippen molar-refractivity contribution < 1.29 is 13.2 Å². The van der Waals surface area contributed by atoms with Crippen LogP contribution in [0.25, 0.3) is 0 Å². The van der Waals surface area contributed by atoms with Gasteiger partial charge in [0.25, 0.3) is 0 Å². The van der Waals surface area contributed by atoms with Crippen LogP contribution in [0.3, 0.4) is 0 Å². The molecule has 2 aromatic heterocycles. The van der Waals surface area contributed by atoms with Gasteiger partial charge in [0.1, 0.15) is 4.90 Å². The number of ether oxygens (including phenoxy) is 1. The van der Waals surface area contributed by atoms with Crippen molar-refractivity contribution in [3.8, 4) is 6.01 Å². The van der Waals surface area contributed by atoms with Gasteiger partial charge in [-0.3, -0.25) is 4.68 Å². The Balaban J connectivity index is 2.24. The zero-order chi connectivity index (χ0) is 15.6. The van der Waals surface area contributed by atoms with Crippen molar-refractivity contribution in [1.29, 1.82) is 0 Å². The number of nitrogens with zero attached hydrogens (tertiary/aromatic N) is 5. The van der Waals surface area contributed by atoms with E-state index in [1.54, 1.807) is 6.20 Å². The van der Waals surface area contributed by atoms with Crippen LogP contribution in [0.2, 0.25) is 0 Å². The zero-order valence-electron chi connectivity index (χ0n) is 12.3. The largest absolute Gasteiger partial charge is 0.467 e. The average Bonchev–Trinajstić information content (AvgIpc) is 2.90. The SMILES string of the molecule is COc1ncc(Cn2cc(S(=O)(=O)N(C)C)cn2)c(C)n1. The first-order chi connectivity index (χ1) is 9.84. The van der Waals surface area contributed by atoms with E-state index in [0.717, 1.165) is 15.6 Å². The molecule has 0 saturated carbocycles. The summed E-state index contributed by atoms with van der Waals surface area (Å²) in [4.78, 5) is 8.36. The van der Waals surface area contributed by atoms with E-state index in [1.165, 1.54) is 38.3 Å². The summed E-state index contributed by atoms with van der Waals surface area (Å²) >= 11 is 0. The van der Waals surface area contributed by atoms with Crippen LogP contribution in [-0.2, 0) is 16.6 Å². The first-order valence-electron chi connectivity index (χ1n) is 6.16. The molecule has 0 bridgehead atoms.